The molecule has 7 heteroatoms. The lowest BCUT2D eigenvalue weighted by Crippen LogP contribution is -2.29. The van der Waals surface area contributed by atoms with Crippen molar-refractivity contribution >= 4 is 11.6 Å². The lowest BCUT2D eigenvalue weighted by atomic mass is 10.1. The van der Waals surface area contributed by atoms with Gasteiger partial charge >= 0.3 is 0 Å². The molecule has 0 fully saturated rings. The highest BCUT2D eigenvalue weighted by Crippen LogP contribution is 2.19. The van der Waals surface area contributed by atoms with Crippen molar-refractivity contribution in [3.8, 4) is 11.3 Å². The molecule has 1 amide bonds. The van der Waals surface area contributed by atoms with Gasteiger partial charge in [-0.2, -0.15) is 0 Å². The predicted molar refractivity (Wildman–Crippen MR) is 68.0 cm³/mol. The van der Waals surface area contributed by atoms with E-state index in [0.29, 0.717) is 11.3 Å². The molecule has 3 N–H and O–H groups in total. The average molecular weight is 258 g/mol. The molecule has 1 aromatic carbocycles. The molecule has 0 aliphatic heterocycles. The number of nitro groups is 1. The molecule has 1 heterocycles. The van der Waals surface area contributed by atoms with Crippen molar-refractivity contribution in [1.82, 2.24) is 10.4 Å². The molecular weight excluding hydrogens is 248 g/mol. The minimum absolute atomic E-state index is 0.0668. The number of nitrogen functional groups attached to an aromatic ring is 1. The molecule has 0 saturated heterocycles. The predicted octanol–water partition coefficient (Wildman–Crippen LogP) is 1.26. The Kier molecular flexibility index (Phi) is 3.48. The molecule has 0 aliphatic rings. The second kappa shape index (κ2) is 5.23. The third kappa shape index (κ3) is 2.72. The van der Waals surface area contributed by atoms with E-state index in [9.17, 15) is 14.9 Å². The first-order chi connectivity index (χ1) is 9.11. The van der Waals surface area contributed by atoms with E-state index in [-0.39, 0.29) is 11.6 Å². The molecule has 0 spiro atoms. The molecule has 2 rings (SSSR count). The Hall–Kier alpha value is -2.80. The SMILES string of the molecule is NNC(=O)c1ccc(-c2ccc([N+](=O)[O-])cn2)cc1. The number of hydrogen-bond acceptors (Lipinski definition) is 5. The van der Waals surface area contributed by atoms with Crippen molar-refractivity contribution in [3.63, 3.8) is 0 Å². The van der Waals surface area contributed by atoms with Gasteiger partial charge in [0.2, 0.25) is 0 Å². The van der Waals surface area contributed by atoms with E-state index in [4.69, 9.17) is 5.84 Å². The standard InChI is InChI=1S/C12H10N4O3/c13-15-12(17)9-3-1-8(2-4-9)11-6-5-10(7-14-11)16(18)19/h1-7H,13H2,(H,15,17). The highest BCUT2D eigenvalue weighted by atomic mass is 16.6. The third-order valence-corrected chi connectivity index (χ3v) is 2.53. The number of amides is 1. The van der Waals surface area contributed by atoms with Gasteiger partial charge in [-0.05, 0) is 18.2 Å². The molecular formula is C12H10N4O3. The number of hydrazine groups is 1. The van der Waals surface area contributed by atoms with Crippen LogP contribution in [0.4, 0.5) is 5.69 Å². The fourth-order valence-corrected chi connectivity index (χ4v) is 1.54. The number of benzene rings is 1. The maximum Gasteiger partial charge on any atom is 0.287 e. The van der Waals surface area contributed by atoms with Crippen molar-refractivity contribution in [2.75, 3.05) is 0 Å². The molecule has 2 aromatic rings. The smallest absolute Gasteiger partial charge is 0.287 e. The van der Waals surface area contributed by atoms with E-state index >= 15 is 0 Å². The fourth-order valence-electron chi connectivity index (χ4n) is 1.54. The number of carbonyl (C=O) groups is 1. The summed E-state index contributed by atoms with van der Waals surface area (Å²) in [5.74, 6) is 4.64. The lowest BCUT2D eigenvalue weighted by Gasteiger charge is -2.02. The second-order valence-corrected chi connectivity index (χ2v) is 3.71. The van der Waals surface area contributed by atoms with Crippen LogP contribution in [0.2, 0.25) is 0 Å². The maximum atomic E-state index is 11.3. The zero-order valence-corrected chi connectivity index (χ0v) is 9.74. The Bertz CT molecular complexity index is 608. The third-order valence-electron chi connectivity index (χ3n) is 2.53. The largest absolute Gasteiger partial charge is 0.290 e. The number of aromatic nitrogens is 1. The number of carbonyl (C=O) groups excluding carboxylic acids is 1. The van der Waals surface area contributed by atoms with E-state index < -0.39 is 4.92 Å². The monoisotopic (exact) mass is 258 g/mol. The van der Waals surface area contributed by atoms with E-state index in [1.54, 1.807) is 30.3 Å². The molecule has 0 unspecified atom stereocenters. The molecule has 0 bridgehead atoms. The van der Waals surface area contributed by atoms with Gasteiger partial charge in [-0.1, -0.05) is 12.1 Å². The molecule has 0 atom stereocenters. The first-order valence-corrected chi connectivity index (χ1v) is 5.33. The highest BCUT2D eigenvalue weighted by molar-refractivity contribution is 5.94. The number of hydrogen-bond donors (Lipinski definition) is 2. The number of rotatable bonds is 3. The van der Waals surface area contributed by atoms with Gasteiger partial charge in [0.25, 0.3) is 11.6 Å². The highest BCUT2D eigenvalue weighted by Gasteiger charge is 2.07. The van der Waals surface area contributed by atoms with Crippen LogP contribution in [-0.4, -0.2) is 15.8 Å². The molecule has 0 radical (unpaired) electrons. The normalized spacial score (nSPS) is 9.95. The summed E-state index contributed by atoms with van der Waals surface area (Å²) in [5.41, 5.74) is 3.73. The number of nitrogens with two attached hydrogens (primary N) is 1. The summed E-state index contributed by atoms with van der Waals surface area (Å²) in [6, 6.07) is 9.51. The molecule has 96 valence electrons. The Morgan fingerprint density at radius 3 is 2.37 bits per heavy atom. The first-order valence-electron chi connectivity index (χ1n) is 5.33. The van der Waals surface area contributed by atoms with Gasteiger partial charge in [0, 0.05) is 17.2 Å². The summed E-state index contributed by atoms with van der Waals surface area (Å²) in [6.45, 7) is 0. The van der Waals surface area contributed by atoms with Gasteiger partial charge < -0.3 is 0 Å². The number of pyridine rings is 1. The van der Waals surface area contributed by atoms with Gasteiger partial charge in [-0.3, -0.25) is 20.3 Å². The fraction of sp³-hybridized carbons (Fsp3) is 0. The van der Waals surface area contributed by atoms with Crippen LogP contribution in [0.25, 0.3) is 11.3 Å². The lowest BCUT2D eigenvalue weighted by molar-refractivity contribution is -0.385. The van der Waals surface area contributed by atoms with Crippen LogP contribution >= 0.6 is 0 Å². The Morgan fingerprint density at radius 1 is 1.21 bits per heavy atom. The van der Waals surface area contributed by atoms with Crippen LogP contribution in [0, 0.1) is 10.1 Å². The van der Waals surface area contributed by atoms with Crippen LogP contribution in [-0.2, 0) is 0 Å². The van der Waals surface area contributed by atoms with Crippen LogP contribution in [0.1, 0.15) is 10.4 Å². The Morgan fingerprint density at radius 2 is 1.89 bits per heavy atom. The zero-order valence-electron chi connectivity index (χ0n) is 9.74. The number of nitrogens with zero attached hydrogens (tertiary/aromatic N) is 2. The summed E-state index contributed by atoms with van der Waals surface area (Å²) in [7, 11) is 0. The molecule has 0 aliphatic carbocycles. The Balaban J connectivity index is 2.27. The minimum atomic E-state index is -0.508. The van der Waals surface area contributed by atoms with Gasteiger partial charge in [-0.25, -0.2) is 10.8 Å². The van der Waals surface area contributed by atoms with Crippen molar-refractivity contribution in [2.45, 2.75) is 0 Å². The summed E-state index contributed by atoms with van der Waals surface area (Å²) >= 11 is 0. The van der Waals surface area contributed by atoms with Gasteiger partial charge in [0.1, 0.15) is 6.20 Å². The summed E-state index contributed by atoms with van der Waals surface area (Å²) in [5, 5.41) is 10.5. The van der Waals surface area contributed by atoms with E-state index in [1.807, 2.05) is 5.43 Å². The van der Waals surface area contributed by atoms with E-state index in [1.165, 1.54) is 12.3 Å². The van der Waals surface area contributed by atoms with Crippen molar-refractivity contribution in [2.24, 2.45) is 5.84 Å². The molecule has 19 heavy (non-hydrogen) atoms. The van der Waals surface area contributed by atoms with Crippen LogP contribution in [0.5, 0.6) is 0 Å². The molecule has 1 aromatic heterocycles. The zero-order chi connectivity index (χ0) is 13.8. The van der Waals surface area contributed by atoms with Gasteiger partial charge in [0.15, 0.2) is 0 Å². The number of nitrogens with one attached hydrogen (secondary N) is 1. The van der Waals surface area contributed by atoms with E-state index in [0.717, 1.165) is 5.56 Å². The Labute approximate surface area is 108 Å². The van der Waals surface area contributed by atoms with Crippen molar-refractivity contribution in [3.05, 3.63) is 58.3 Å². The minimum Gasteiger partial charge on any atom is -0.290 e. The van der Waals surface area contributed by atoms with Crippen molar-refractivity contribution < 1.29 is 9.72 Å². The van der Waals surface area contributed by atoms with Crippen LogP contribution < -0.4 is 11.3 Å². The molecule has 0 saturated carbocycles. The molecule has 7 nitrogen and oxygen atoms in total. The van der Waals surface area contributed by atoms with Crippen LogP contribution in [0.15, 0.2) is 42.6 Å². The average Bonchev–Trinajstić information content (AvgIpc) is 2.46. The summed E-state index contributed by atoms with van der Waals surface area (Å²) in [6.07, 6.45) is 1.19. The topological polar surface area (TPSA) is 111 Å². The first kappa shape index (κ1) is 12.7. The van der Waals surface area contributed by atoms with Crippen molar-refractivity contribution in [1.29, 1.82) is 0 Å². The summed E-state index contributed by atoms with van der Waals surface area (Å²) in [4.78, 5) is 25.3. The van der Waals surface area contributed by atoms with Gasteiger partial charge in [-0.15, -0.1) is 0 Å². The summed E-state index contributed by atoms with van der Waals surface area (Å²) < 4.78 is 0. The van der Waals surface area contributed by atoms with Gasteiger partial charge in [0.05, 0.1) is 10.6 Å². The van der Waals surface area contributed by atoms with Crippen LogP contribution in [0.3, 0.4) is 0 Å². The maximum absolute atomic E-state index is 11.3. The quantitative estimate of drug-likeness (QED) is 0.372. The van der Waals surface area contributed by atoms with E-state index in [2.05, 4.69) is 4.98 Å². The second-order valence-electron chi connectivity index (χ2n) is 3.71.